The van der Waals surface area contributed by atoms with Crippen LogP contribution in [0.4, 0.5) is 23.1 Å². The lowest BCUT2D eigenvalue weighted by molar-refractivity contribution is 0.340. The van der Waals surface area contributed by atoms with E-state index in [0.717, 1.165) is 37.1 Å². The molecule has 0 amide bonds. The van der Waals surface area contributed by atoms with Gasteiger partial charge in [-0.25, -0.2) is 13.4 Å². The zero-order valence-corrected chi connectivity index (χ0v) is 22.5. The van der Waals surface area contributed by atoms with E-state index in [-0.39, 0.29) is 44.7 Å². The molecule has 10 heteroatoms. The molecule has 2 aromatic carbocycles. The average Bonchev–Trinajstić information content (AvgIpc) is 2.92. The Morgan fingerprint density at radius 3 is 2.70 bits per heavy atom. The third-order valence-electron chi connectivity index (χ3n) is 6.37. The maximum Gasteiger partial charge on any atom is 0.229 e. The van der Waals surface area contributed by atoms with Gasteiger partial charge < -0.3 is 20.7 Å². The van der Waals surface area contributed by atoms with Crippen LogP contribution in [0.1, 0.15) is 57.4 Å². The van der Waals surface area contributed by atoms with Crippen molar-refractivity contribution in [1.82, 2.24) is 15.3 Å². The molecule has 1 aliphatic rings. The van der Waals surface area contributed by atoms with Crippen molar-refractivity contribution in [2.45, 2.75) is 56.5 Å². The molecule has 3 N–H and O–H groups in total. The highest BCUT2D eigenvalue weighted by Crippen LogP contribution is 2.37. The normalized spacial score (nSPS) is 17.3. The van der Waals surface area contributed by atoms with Gasteiger partial charge in [-0.05, 0) is 94.9 Å². The molecule has 0 radical (unpaired) electrons. The fourth-order valence-electron chi connectivity index (χ4n) is 4.35. The zero-order valence-electron chi connectivity index (χ0n) is 25.9. The first-order chi connectivity index (χ1) is 19.6. The predicted molar refractivity (Wildman–Crippen MR) is 150 cm³/mol. The molecule has 0 aliphatic carbocycles. The van der Waals surface area contributed by atoms with Gasteiger partial charge in [0, 0.05) is 4.11 Å². The lowest BCUT2D eigenvalue weighted by Crippen LogP contribution is -2.27. The second kappa shape index (κ2) is 11.7. The van der Waals surface area contributed by atoms with E-state index in [0.29, 0.717) is 0 Å². The lowest BCUT2D eigenvalue weighted by atomic mass is 9.87. The molecular formula is C27H34ClN5O3S. The van der Waals surface area contributed by atoms with E-state index in [2.05, 4.69) is 25.9 Å². The summed E-state index contributed by atoms with van der Waals surface area (Å²) in [5, 5.41) is 8.80. The van der Waals surface area contributed by atoms with Gasteiger partial charge in [-0.15, -0.1) is 0 Å². The topological polar surface area (TPSA) is 105 Å². The first-order valence-electron chi connectivity index (χ1n) is 14.5. The first kappa shape index (κ1) is 21.1. The van der Waals surface area contributed by atoms with E-state index in [9.17, 15) is 8.42 Å². The van der Waals surface area contributed by atoms with Crippen LogP contribution in [0.15, 0.2) is 47.5 Å². The van der Waals surface area contributed by atoms with Crippen LogP contribution in [0.5, 0.6) is 5.75 Å². The summed E-state index contributed by atoms with van der Waals surface area (Å²) >= 11 is 6.37. The Bertz CT molecular complexity index is 1550. The van der Waals surface area contributed by atoms with Crippen LogP contribution in [0.3, 0.4) is 0 Å². The Hall–Kier alpha value is -2.88. The van der Waals surface area contributed by atoms with Gasteiger partial charge in [0.2, 0.25) is 5.95 Å². The Morgan fingerprint density at radius 1 is 1.22 bits per heavy atom. The summed E-state index contributed by atoms with van der Waals surface area (Å²) in [5.41, 5.74) is 2.40. The molecule has 8 nitrogen and oxygen atoms in total. The zero-order chi connectivity index (χ0) is 30.9. The molecule has 1 aromatic heterocycles. The van der Waals surface area contributed by atoms with Crippen LogP contribution < -0.4 is 20.7 Å². The largest absolute Gasteiger partial charge is 0.492 e. The minimum Gasteiger partial charge on any atom is -0.492 e. The number of aryl methyl sites for hydroxylation is 1. The number of para-hydroxylation sites is 1. The highest BCUT2D eigenvalue weighted by atomic mass is 35.5. The van der Waals surface area contributed by atoms with Crippen molar-refractivity contribution < 1.29 is 20.0 Å². The molecule has 0 bridgehead atoms. The predicted octanol–water partition coefficient (Wildman–Crippen LogP) is 5.97. The molecular weight excluding hydrogens is 510 g/mol. The Labute approximate surface area is 231 Å². The molecule has 0 spiro atoms. The number of piperidine rings is 1. The molecule has 1 aliphatic heterocycles. The number of hydrogen-bond donors (Lipinski definition) is 3. The minimum atomic E-state index is -3.62. The van der Waals surface area contributed by atoms with Gasteiger partial charge in [-0.3, -0.25) is 0 Å². The van der Waals surface area contributed by atoms with Gasteiger partial charge in [-0.1, -0.05) is 23.7 Å². The van der Waals surface area contributed by atoms with E-state index in [1.54, 1.807) is 44.2 Å². The van der Waals surface area contributed by atoms with Crippen molar-refractivity contribution in [2.75, 3.05) is 30.3 Å². The van der Waals surface area contributed by atoms with Crippen molar-refractivity contribution in [3.63, 3.8) is 0 Å². The quantitative estimate of drug-likeness (QED) is 0.300. The number of rotatable bonds is 9. The Balaban J connectivity index is 1.72. The van der Waals surface area contributed by atoms with Crippen molar-refractivity contribution in [3.8, 4) is 5.75 Å². The SMILES string of the molecule is [2H]C([2H])([2H])C([2H])([2H])Oc1cc(C2CCNCC2)c(C)cc1Nc1ncc(Cl)c(Nc2ccccc2S(=O)(=O)C(C)C)n1. The monoisotopic (exact) mass is 548 g/mol. The number of aromatic nitrogens is 2. The summed E-state index contributed by atoms with van der Waals surface area (Å²) in [6.45, 7) is 0.785. The van der Waals surface area contributed by atoms with Crippen LogP contribution in [-0.2, 0) is 9.84 Å². The molecule has 2 heterocycles. The lowest BCUT2D eigenvalue weighted by Gasteiger charge is -2.26. The number of benzene rings is 2. The van der Waals surface area contributed by atoms with Crippen LogP contribution in [0, 0.1) is 6.92 Å². The molecule has 0 saturated carbocycles. The Kier molecular flexibility index (Phi) is 6.65. The van der Waals surface area contributed by atoms with Crippen LogP contribution in [0.2, 0.25) is 5.02 Å². The smallest absolute Gasteiger partial charge is 0.229 e. The van der Waals surface area contributed by atoms with Gasteiger partial charge in [0.15, 0.2) is 15.7 Å². The van der Waals surface area contributed by atoms with Gasteiger partial charge in [-0.2, -0.15) is 4.98 Å². The molecule has 4 rings (SSSR count). The van der Waals surface area contributed by atoms with Crippen LogP contribution in [0.25, 0.3) is 0 Å². The Morgan fingerprint density at radius 2 is 1.97 bits per heavy atom. The molecule has 3 aromatic rings. The van der Waals surface area contributed by atoms with Crippen molar-refractivity contribution in [3.05, 3.63) is 58.7 Å². The molecule has 37 heavy (non-hydrogen) atoms. The number of ether oxygens (including phenoxy) is 1. The number of anilines is 4. The molecule has 198 valence electrons. The van der Waals surface area contributed by atoms with Gasteiger partial charge in [0.05, 0.1) is 37.0 Å². The highest BCUT2D eigenvalue weighted by Gasteiger charge is 2.23. The van der Waals surface area contributed by atoms with E-state index >= 15 is 0 Å². The van der Waals surface area contributed by atoms with E-state index in [1.165, 1.54) is 12.3 Å². The van der Waals surface area contributed by atoms with Crippen molar-refractivity contribution >= 4 is 44.6 Å². The van der Waals surface area contributed by atoms with Gasteiger partial charge >= 0.3 is 0 Å². The van der Waals surface area contributed by atoms with Crippen LogP contribution in [-0.4, -0.2) is 43.3 Å². The molecule has 1 saturated heterocycles. The second-order valence-electron chi connectivity index (χ2n) is 9.16. The highest BCUT2D eigenvalue weighted by molar-refractivity contribution is 7.92. The van der Waals surface area contributed by atoms with Crippen molar-refractivity contribution in [2.24, 2.45) is 0 Å². The third kappa shape index (κ3) is 6.17. The number of nitrogens with zero attached hydrogens (tertiary/aromatic N) is 2. The fraction of sp³-hybridized carbons (Fsp3) is 0.407. The minimum absolute atomic E-state index is 0.00307. The van der Waals surface area contributed by atoms with E-state index < -0.39 is 28.5 Å². The standard InChI is InChI=1S/C27H34ClN5O3S/c1-5-36-24-15-20(19-10-12-29-13-11-19)18(4)14-23(24)32-27-30-16-21(28)26(33-27)31-22-8-6-7-9-25(22)37(34,35)17(2)3/h6-9,14-17,19,29H,5,10-13H2,1-4H3,(H2,30,31,32,33)/i1D3,5D2. The molecule has 0 unspecified atom stereocenters. The summed E-state index contributed by atoms with van der Waals surface area (Å²) < 4.78 is 70.4. The molecule has 1 fully saturated rings. The van der Waals surface area contributed by atoms with Crippen LogP contribution >= 0.6 is 11.6 Å². The summed E-state index contributed by atoms with van der Waals surface area (Å²) in [6, 6.07) is 9.85. The maximum atomic E-state index is 12.9. The summed E-state index contributed by atoms with van der Waals surface area (Å²) in [4.78, 5) is 8.75. The van der Waals surface area contributed by atoms with Gasteiger partial charge in [0.25, 0.3) is 0 Å². The third-order valence-corrected chi connectivity index (χ3v) is 8.85. The number of hydrogen-bond acceptors (Lipinski definition) is 8. The maximum absolute atomic E-state index is 12.9. The van der Waals surface area contributed by atoms with Gasteiger partial charge in [0.1, 0.15) is 10.8 Å². The molecule has 0 atom stereocenters. The number of sulfone groups is 1. The van der Waals surface area contributed by atoms with Crippen molar-refractivity contribution in [1.29, 1.82) is 0 Å². The number of nitrogens with one attached hydrogen (secondary N) is 3. The number of halogens is 1. The van der Waals surface area contributed by atoms with E-state index in [4.69, 9.17) is 23.2 Å². The van der Waals surface area contributed by atoms with E-state index in [1.807, 2.05) is 6.92 Å². The summed E-state index contributed by atoms with van der Waals surface area (Å²) in [5.74, 6) is 0.367. The first-order valence-corrected chi connectivity index (χ1v) is 14.0. The summed E-state index contributed by atoms with van der Waals surface area (Å²) in [7, 11) is -3.62. The second-order valence-corrected chi connectivity index (χ2v) is 12.0. The summed E-state index contributed by atoms with van der Waals surface area (Å²) in [6.07, 6.45) is 3.09. The fourth-order valence-corrected chi connectivity index (χ4v) is 5.69. The average molecular weight is 549 g/mol.